The number of hydrogen-bond donors (Lipinski definition) is 4. The molecule has 136 valence electrons. The van der Waals surface area contributed by atoms with Crippen molar-refractivity contribution < 1.29 is 9.90 Å². The van der Waals surface area contributed by atoms with Crippen molar-refractivity contribution in [1.82, 2.24) is 9.97 Å². The molecule has 1 heterocycles. The first kappa shape index (κ1) is 17.9. The Morgan fingerprint density at radius 2 is 1.78 bits per heavy atom. The van der Waals surface area contributed by atoms with Gasteiger partial charge in [-0.2, -0.15) is 4.98 Å². The van der Waals surface area contributed by atoms with Gasteiger partial charge < -0.3 is 21.1 Å². The summed E-state index contributed by atoms with van der Waals surface area (Å²) < 4.78 is 0. The molecule has 3 rings (SSSR count). The van der Waals surface area contributed by atoms with Crippen LogP contribution in [-0.4, -0.2) is 21.0 Å². The van der Waals surface area contributed by atoms with Gasteiger partial charge in [-0.25, -0.2) is 4.98 Å². The van der Waals surface area contributed by atoms with Crippen LogP contribution < -0.4 is 16.0 Å². The lowest BCUT2D eigenvalue weighted by Gasteiger charge is -2.12. The van der Waals surface area contributed by atoms with Crippen LogP contribution in [0.25, 0.3) is 0 Å². The van der Waals surface area contributed by atoms with Crippen molar-refractivity contribution in [2.75, 3.05) is 16.0 Å². The lowest BCUT2D eigenvalue weighted by atomic mass is 10.2. The van der Waals surface area contributed by atoms with Gasteiger partial charge in [0.15, 0.2) is 0 Å². The number of carbonyl (C=O) groups excluding carboxylic acids is 1. The Morgan fingerprint density at radius 1 is 1.07 bits per heavy atom. The SMILES string of the molecule is C=CC(=O)Nc1cccc(Nc2nc(Nc3cccc(O)c3)ncc2C)c1. The lowest BCUT2D eigenvalue weighted by Crippen LogP contribution is -2.07. The van der Waals surface area contributed by atoms with Crippen LogP contribution in [0.4, 0.5) is 28.8 Å². The molecule has 0 aliphatic heterocycles. The van der Waals surface area contributed by atoms with Gasteiger partial charge in [0.1, 0.15) is 11.6 Å². The maximum absolute atomic E-state index is 11.5. The quantitative estimate of drug-likeness (QED) is 0.493. The van der Waals surface area contributed by atoms with Crippen molar-refractivity contribution in [3.63, 3.8) is 0 Å². The summed E-state index contributed by atoms with van der Waals surface area (Å²) in [6.07, 6.45) is 2.91. The van der Waals surface area contributed by atoms with Crippen LogP contribution in [-0.2, 0) is 4.79 Å². The molecule has 3 aromatic rings. The van der Waals surface area contributed by atoms with Gasteiger partial charge in [-0.15, -0.1) is 0 Å². The Morgan fingerprint density at radius 3 is 2.52 bits per heavy atom. The number of benzene rings is 2. The fourth-order valence-electron chi connectivity index (χ4n) is 2.35. The predicted molar refractivity (Wildman–Crippen MR) is 107 cm³/mol. The van der Waals surface area contributed by atoms with Crippen molar-refractivity contribution in [2.24, 2.45) is 0 Å². The van der Waals surface area contributed by atoms with Crippen LogP contribution in [0.2, 0.25) is 0 Å². The minimum atomic E-state index is -0.275. The third kappa shape index (κ3) is 4.82. The maximum atomic E-state index is 11.5. The summed E-state index contributed by atoms with van der Waals surface area (Å²) in [6, 6.07) is 14.0. The predicted octanol–water partition coefficient (Wildman–Crippen LogP) is 4.10. The highest BCUT2D eigenvalue weighted by Gasteiger charge is 2.06. The standard InChI is InChI=1S/C20H19N5O2/c1-3-18(27)22-14-6-4-7-15(10-14)23-19-13(2)12-21-20(25-19)24-16-8-5-9-17(26)11-16/h3-12,26H,1H2,2H3,(H,22,27)(H2,21,23,24,25). The summed E-state index contributed by atoms with van der Waals surface area (Å²) in [5.74, 6) is 0.900. The number of aryl methyl sites for hydroxylation is 1. The molecule has 0 radical (unpaired) electrons. The van der Waals surface area contributed by atoms with E-state index in [2.05, 4.69) is 32.5 Å². The van der Waals surface area contributed by atoms with Gasteiger partial charge in [-0.1, -0.05) is 18.7 Å². The largest absolute Gasteiger partial charge is 0.508 e. The van der Waals surface area contributed by atoms with Crippen LogP contribution in [0, 0.1) is 6.92 Å². The molecule has 0 unspecified atom stereocenters. The molecule has 4 N–H and O–H groups in total. The molecule has 0 saturated heterocycles. The molecular formula is C20H19N5O2. The number of phenolic OH excluding ortho intramolecular Hbond substituents is 1. The lowest BCUT2D eigenvalue weighted by molar-refractivity contribution is -0.111. The molecule has 1 aromatic heterocycles. The zero-order valence-electron chi connectivity index (χ0n) is 14.7. The van der Waals surface area contributed by atoms with E-state index in [0.29, 0.717) is 23.1 Å². The van der Waals surface area contributed by atoms with E-state index >= 15 is 0 Å². The Bertz CT molecular complexity index is 988. The zero-order chi connectivity index (χ0) is 19.2. The second-order valence-electron chi connectivity index (χ2n) is 5.80. The fraction of sp³-hybridized carbons (Fsp3) is 0.0500. The maximum Gasteiger partial charge on any atom is 0.247 e. The molecule has 7 heteroatoms. The van der Waals surface area contributed by atoms with Gasteiger partial charge in [-0.3, -0.25) is 4.79 Å². The molecule has 0 saturated carbocycles. The molecule has 0 fully saturated rings. The smallest absolute Gasteiger partial charge is 0.247 e. The van der Waals surface area contributed by atoms with Gasteiger partial charge in [0, 0.05) is 34.9 Å². The number of aromatic hydroxyl groups is 1. The number of carbonyl (C=O) groups is 1. The van der Waals surface area contributed by atoms with Crippen LogP contribution in [0.3, 0.4) is 0 Å². The molecule has 0 aliphatic rings. The van der Waals surface area contributed by atoms with Gasteiger partial charge in [0.05, 0.1) is 0 Å². The van der Waals surface area contributed by atoms with Gasteiger partial charge in [-0.05, 0) is 43.3 Å². The molecule has 2 aromatic carbocycles. The first-order chi connectivity index (χ1) is 13.0. The number of hydrogen-bond acceptors (Lipinski definition) is 6. The summed E-state index contributed by atoms with van der Waals surface area (Å²) in [5.41, 5.74) is 2.95. The van der Waals surface area contributed by atoms with Crippen LogP contribution in [0.15, 0.2) is 67.4 Å². The summed E-state index contributed by atoms with van der Waals surface area (Å²) in [4.78, 5) is 20.2. The van der Waals surface area contributed by atoms with E-state index in [9.17, 15) is 9.90 Å². The van der Waals surface area contributed by atoms with Crippen LogP contribution in [0.5, 0.6) is 5.75 Å². The zero-order valence-corrected chi connectivity index (χ0v) is 14.7. The van der Waals surface area contributed by atoms with Crippen molar-refractivity contribution in [3.05, 3.63) is 72.9 Å². The highest BCUT2D eigenvalue weighted by Crippen LogP contribution is 2.24. The first-order valence-electron chi connectivity index (χ1n) is 8.24. The Labute approximate surface area is 156 Å². The van der Waals surface area contributed by atoms with Gasteiger partial charge in [0.25, 0.3) is 0 Å². The van der Waals surface area contributed by atoms with E-state index in [0.717, 1.165) is 11.3 Å². The van der Waals surface area contributed by atoms with Crippen molar-refractivity contribution in [2.45, 2.75) is 6.92 Å². The number of amides is 1. The Kier molecular flexibility index (Phi) is 5.32. The normalized spacial score (nSPS) is 10.1. The van der Waals surface area contributed by atoms with Gasteiger partial charge >= 0.3 is 0 Å². The van der Waals surface area contributed by atoms with Gasteiger partial charge in [0.2, 0.25) is 11.9 Å². The van der Waals surface area contributed by atoms with Crippen LogP contribution >= 0.6 is 0 Å². The van der Waals surface area contributed by atoms with Crippen molar-refractivity contribution in [1.29, 1.82) is 0 Å². The number of nitrogens with zero attached hydrogens (tertiary/aromatic N) is 2. The van der Waals surface area contributed by atoms with Crippen LogP contribution in [0.1, 0.15) is 5.56 Å². The molecule has 0 spiro atoms. The van der Waals surface area contributed by atoms with E-state index < -0.39 is 0 Å². The monoisotopic (exact) mass is 361 g/mol. The third-order valence-electron chi connectivity index (χ3n) is 3.65. The molecule has 0 bridgehead atoms. The Hall–Kier alpha value is -3.87. The summed E-state index contributed by atoms with van der Waals surface area (Å²) in [7, 11) is 0. The number of phenols is 1. The number of aromatic nitrogens is 2. The average molecular weight is 361 g/mol. The van der Waals surface area contributed by atoms with E-state index in [1.54, 1.807) is 36.5 Å². The van der Waals surface area contributed by atoms with Crippen molar-refractivity contribution >= 4 is 34.7 Å². The highest BCUT2D eigenvalue weighted by molar-refractivity contribution is 5.99. The second-order valence-corrected chi connectivity index (χ2v) is 5.80. The third-order valence-corrected chi connectivity index (χ3v) is 3.65. The fourth-order valence-corrected chi connectivity index (χ4v) is 2.35. The topological polar surface area (TPSA) is 99.2 Å². The minimum Gasteiger partial charge on any atom is -0.508 e. The molecular weight excluding hydrogens is 342 g/mol. The summed E-state index contributed by atoms with van der Waals surface area (Å²) >= 11 is 0. The Balaban J connectivity index is 1.79. The highest BCUT2D eigenvalue weighted by atomic mass is 16.3. The summed E-state index contributed by atoms with van der Waals surface area (Å²) in [5, 5.41) is 18.6. The molecule has 1 amide bonds. The average Bonchev–Trinajstić information content (AvgIpc) is 2.65. The van der Waals surface area contributed by atoms with E-state index in [4.69, 9.17) is 0 Å². The van der Waals surface area contributed by atoms with E-state index in [1.807, 2.05) is 25.1 Å². The molecule has 0 atom stereocenters. The molecule has 27 heavy (non-hydrogen) atoms. The molecule has 7 nitrogen and oxygen atoms in total. The van der Waals surface area contributed by atoms with E-state index in [1.165, 1.54) is 6.08 Å². The first-order valence-corrected chi connectivity index (χ1v) is 8.24. The van der Waals surface area contributed by atoms with E-state index in [-0.39, 0.29) is 11.7 Å². The number of anilines is 5. The molecule has 0 aliphatic carbocycles. The van der Waals surface area contributed by atoms with Crippen molar-refractivity contribution in [3.8, 4) is 5.75 Å². The second kappa shape index (κ2) is 8.01. The minimum absolute atomic E-state index is 0.156. The summed E-state index contributed by atoms with van der Waals surface area (Å²) in [6.45, 7) is 5.33. The number of rotatable bonds is 6. The number of nitrogens with one attached hydrogen (secondary N) is 3.